The number of H-pyrrole nitrogens is 1. The van der Waals surface area contributed by atoms with Gasteiger partial charge in [-0.15, -0.1) is 0 Å². The molecule has 2 aromatic rings. The lowest BCUT2D eigenvalue weighted by Crippen LogP contribution is -2.47. The monoisotopic (exact) mass is 342 g/mol. The quantitative estimate of drug-likeness (QED) is 0.887. The van der Waals surface area contributed by atoms with Gasteiger partial charge in [0.05, 0.1) is 11.9 Å². The van der Waals surface area contributed by atoms with Gasteiger partial charge in [-0.05, 0) is 44.8 Å². The molecular weight excluding hydrogens is 316 g/mol. The molecule has 1 amide bonds. The van der Waals surface area contributed by atoms with E-state index in [4.69, 9.17) is 0 Å². The van der Waals surface area contributed by atoms with Gasteiger partial charge in [0.1, 0.15) is 17.8 Å². The Labute approximate surface area is 147 Å². The third-order valence-corrected chi connectivity index (χ3v) is 5.35. The van der Waals surface area contributed by atoms with Crippen LogP contribution in [0.1, 0.15) is 32.1 Å². The number of aromatic nitrogens is 3. The summed E-state index contributed by atoms with van der Waals surface area (Å²) in [6.07, 6.45) is 9.14. The fraction of sp³-hybridized carbons (Fsp3) is 0.611. The van der Waals surface area contributed by atoms with Crippen LogP contribution >= 0.6 is 0 Å². The van der Waals surface area contributed by atoms with Gasteiger partial charge in [0.25, 0.3) is 0 Å². The van der Waals surface area contributed by atoms with Crippen molar-refractivity contribution in [3.63, 3.8) is 0 Å². The summed E-state index contributed by atoms with van der Waals surface area (Å²) in [5.41, 5.74) is 0.853. The fourth-order valence-electron chi connectivity index (χ4n) is 3.86. The summed E-state index contributed by atoms with van der Waals surface area (Å²) in [5, 5.41) is 4.55. The first-order valence-corrected chi connectivity index (χ1v) is 9.34. The molecule has 4 heterocycles. The van der Waals surface area contributed by atoms with Crippen molar-refractivity contribution in [1.82, 2.24) is 24.8 Å². The van der Waals surface area contributed by atoms with E-state index in [1.54, 1.807) is 6.33 Å². The molecule has 2 aliphatic heterocycles. The number of hydrogen-bond acceptors (Lipinski definition) is 5. The first-order chi connectivity index (χ1) is 12.3. The molecule has 2 aliphatic rings. The minimum Gasteiger partial charge on any atom is -0.367 e. The Kier molecular flexibility index (Phi) is 4.83. The Morgan fingerprint density at radius 2 is 1.96 bits per heavy atom. The molecule has 7 heteroatoms. The summed E-state index contributed by atoms with van der Waals surface area (Å²) >= 11 is 0. The van der Waals surface area contributed by atoms with Crippen molar-refractivity contribution in [2.45, 2.75) is 38.1 Å². The zero-order valence-corrected chi connectivity index (χ0v) is 14.6. The number of aromatic amines is 1. The Morgan fingerprint density at radius 3 is 2.76 bits per heavy atom. The van der Waals surface area contributed by atoms with Crippen LogP contribution in [0.2, 0.25) is 0 Å². The van der Waals surface area contributed by atoms with Gasteiger partial charge >= 0.3 is 0 Å². The number of rotatable bonds is 4. The van der Waals surface area contributed by atoms with E-state index in [1.807, 2.05) is 17.2 Å². The lowest BCUT2D eigenvalue weighted by molar-refractivity contribution is -0.133. The van der Waals surface area contributed by atoms with Crippen LogP contribution in [0.4, 0.5) is 5.82 Å². The van der Waals surface area contributed by atoms with Crippen LogP contribution in [-0.2, 0) is 4.79 Å². The summed E-state index contributed by atoms with van der Waals surface area (Å²) < 4.78 is 0. The Bertz CT molecular complexity index is 715. The molecule has 25 heavy (non-hydrogen) atoms. The molecule has 0 radical (unpaired) electrons. The van der Waals surface area contributed by atoms with E-state index in [9.17, 15) is 4.79 Å². The summed E-state index contributed by atoms with van der Waals surface area (Å²) in [4.78, 5) is 28.5. The van der Waals surface area contributed by atoms with Gasteiger partial charge in [-0.2, -0.15) is 0 Å². The van der Waals surface area contributed by atoms with Crippen LogP contribution in [-0.4, -0.2) is 69.4 Å². The maximum absolute atomic E-state index is 12.5. The van der Waals surface area contributed by atoms with Crippen molar-refractivity contribution in [2.75, 3.05) is 38.0 Å². The van der Waals surface area contributed by atoms with Crippen molar-refractivity contribution in [2.24, 2.45) is 0 Å². The molecule has 0 aliphatic carbocycles. The van der Waals surface area contributed by atoms with Crippen LogP contribution in [0.15, 0.2) is 18.6 Å². The Balaban J connectivity index is 1.29. The maximum atomic E-state index is 12.5. The van der Waals surface area contributed by atoms with Crippen LogP contribution in [0.3, 0.4) is 0 Å². The fourth-order valence-corrected chi connectivity index (χ4v) is 3.86. The van der Waals surface area contributed by atoms with E-state index in [0.717, 1.165) is 55.9 Å². The molecule has 0 aromatic carbocycles. The summed E-state index contributed by atoms with van der Waals surface area (Å²) in [6, 6.07) is 2.35. The van der Waals surface area contributed by atoms with Gasteiger partial charge < -0.3 is 15.2 Å². The van der Waals surface area contributed by atoms with Gasteiger partial charge in [-0.3, -0.25) is 9.69 Å². The Hall–Kier alpha value is -2.15. The van der Waals surface area contributed by atoms with E-state index in [1.165, 1.54) is 19.3 Å². The molecule has 0 saturated carbocycles. The van der Waals surface area contributed by atoms with Crippen molar-refractivity contribution < 1.29 is 4.79 Å². The number of carbonyl (C=O) groups is 1. The average Bonchev–Trinajstić information content (AvgIpc) is 3.13. The second-order valence-corrected chi connectivity index (χ2v) is 7.10. The molecule has 0 bridgehead atoms. The zero-order valence-electron chi connectivity index (χ0n) is 14.6. The van der Waals surface area contributed by atoms with Gasteiger partial charge in [0.15, 0.2) is 0 Å². The highest BCUT2D eigenvalue weighted by Gasteiger charge is 2.25. The molecule has 2 aromatic heterocycles. The second kappa shape index (κ2) is 7.39. The van der Waals surface area contributed by atoms with Crippen LogP contribution in [0.5, 0.6) is 0 Å². The first kappa shape index (κ1) is 16.3. The summed E-state index contributed by atoms with van der Waals surface area (Å²) in [7, 11) is 0. The van der Waals surface area contributed by atoms with Crippen molar-refractivity contribution >= 4 is 22.8 Å². The highest BCUT2D eigenvalue weighted by Crippen LogP contribution is 2.21. The topological polar surface area (TPSA) is 77.2 Å². The largest absolute Gasteiger partial charge is 0.367 e. The van der Waals surface area contributed by atoms with Crippen molar-refractivity contribution in [1.29, 1.82) is 0 Å². The Morgan fingerprint density at radius 1 is 1.16 bits per heavy atom. The number of anilines is 1. The molecule has 2 N–H and O–H groups in total. The highest BCUT2D eigenvalue weighted by molar-refractivity contribution is 5.86. The molecule has 2 saturated heterocycles. The van der Waals surface area contributed by atoms with Crippen molar-refractivity contribution in [3.05, 3.63) is 18.6 Å². The van der Waals surface area contributed by atoms with Crippen LogP contribution in [0.25, 0.3) is 11.0 Å². The number of fused-ring (bicyclic) bond motifs is 1. The minimum atomic E-state index is 0.287. The summed E-state index contributed by atoms with van der Waals surface area (Å²) in [6.45, 7) is 4.39. The minimum absolute atomic E-state index is 0.287. The zero-order chi connectivity index (χ0) is 17.1. The van der Waals surface area contributed by atoms with Crippen molar-refractivity contribution in [3.8, 4) is 0 Å². The molecule has 0 unspecified atom stereocenters. The predicted molar refractivity (Wildman–Crippen MR) is 97.4 cm³/mol. The molecule has 4 rings (SSSR count). The standard InChI is InChI=1S/C18H26N6O/c25-16(12-23-8-2-1-3-9-23)24-10-5-14(6-11-24)22-18-15-4-7-19-17(15)20-13-21-18/h4,7,13-14H,1-3,5-6,8-12H2,(H2,19,20,21,22). The number of nitrogens with one attached hydrogen (secondary N) is 2. The van der Waals surface area contributed by atoms with Gasteiger partial charge in [-0.25, -0.2) is 9.97 Å². The van der Waals surface area contributed by atoms with E-state index in [-0.39, 0.29) is 5.91 Å². The summed E-state index contributed by atoms with van der Waals surface area (Å²) in [5.74, 6) is 1.17. The molecule has 0 atom stereocenters. The van der Waals surface area contributed by atoms with Crippen LogP contribution < -0.4 is 5.32 Å². The number of carbonyl (C=O) groups excluding carboxylic acids is 1. The number of nitrogens with zero attached hydrogens (tertiary/aromatic N) is 4. The molecule has 0 spiro atoms. The molecule has 2 fully saturated rings. The lowest BCUT2D eigenvalue weighted by Gasteiger charge is -2.34. The molecular formula is C18H26N6O. The third-order valence-electron chi connectivity index (χ3n) is 5.35. The molecule has 7 nitrogen and oxygen atoms in total. The van der Waals surface area contributed by atoms with Gasteiger partial charge in [0, 0.05) is 25.3 Å². The van der Waals surface area contributed by atoms with E-state index >= 15 is 0 Å². The third kappa shape index (κ3) is 3.76. The highest BCUT2D eigenvalue weighted by atomic mass is 16.2. The second-order valence-electron chi connectivity index (χ2n) is 7.10. The first-order valence-electron chi connectivity index (χ1n) is 9.34. The number of amides is 1. The lowest BCUT2D eigenvalue weighted by atomic mass is 10.0. The van der Waals surface area contributed by atoms with E-state index in [0.29, 0.717) is 12.6 Å². The smallest absolute Gasteiger partial charge is 0.236 e. The predicted octanol–water partition coefficient (Wildman–Crippen LogP) is 1.85. The van der Waals surface area contributed by atoms with E-state index < -0.39 is 0 Å². The normalized spacial score (nSPS) is 20.1. The van der Waals surface area contributed by atoms with Gasteiger partial charge in [0.2, 0.25) is 5.91 Å². The number of likely N-dealkylation sites (tertiary alicyclic amines) is 2. The number of hydrogen-bond donors (Lipinski definition) is 2. The average molecular weight is 342 g/mol. The maximum Gasteiger partial charge on any atom is 0.236 e. The number of piperidine rings is 2. The molecule has 134 valence electrons. The van der Waals surface area contributed by atoms with Gasteiger partial charge in [-0.1, -0.05) is 6.42 Å². The SMILES string of the molecule is O=C(CN1CCCCC1)N1CCC(Nc2ncnc3[nH]ccc23)CC1. The van der Waals surface area contributed by atoms with Crippen LogP contribution in [0, 0.1) is 0 Å². The van der Waals surface area contributed by atoms with E-state index in [2.05, 4.69) is 25.2 Å².